The molecule has 0 unspecified atom stereocenters. The molecule has 2 heterocycles. The van der Waals surface area contributed by atoms with Crippen molar-refractivity contribution in [3.05, 3.63) is 83.8 Å². The fraction of sp³-hybridized carbons (Fsp3) is 0.261. The summed E-state index contributed by atoms with van der Waals surface area (Å²) in [6.45, 7) is 5.38. The molecule has 0 aliphatic carbocycles. The molecule has 5 heteroatoms. The number of carbonyl (C=O) groups is 1. The number of rotatable bonds is 5. The molecule has 4 rings (SSSR count). The van der Waals surface area contributed by atoms with Gasteiger partial charge < -0.3 is 19.0 Å². The molecule has 1 aromatic heterocycles. The van der Waals surface area contributed by atoms with Crippen LogP contribution in [0.25, 0.3) is 0 Å². The van der Waals surface area contributed by atoms with E-state index in [0.717, 1.165) is 24.4 Å². The van der Waals surface area contributed by atoms with E-state index in [1.54, 1.807) is 12.3 Å². The number of hydrogen-bond acceptors (Lipinski definition) is 4. The van der Waals surface area contributed by atoms with Crippen molar-refractivity contribution in [1.29, 1.82) is 0 Å². The first-order chi connectivity index (χ1) is 13.7. The Bertz CT molecular complexity index is 928. The first-order valence-electron chi connectivity index (χ1n) is 9.56. The van der Waals surface area contributed by atoms with Crippen molar-refractivity contribution in [3.63, 3.8) is 0 Å². The highest BCUT2D eigenvalue weighted by Crippen LogP contribution is 2.21. The lowest BCUT2D eigenvalue weighted by Crippen LogP contribution is -2.48. The normalized spacial score (nSPS) is 14.2. The minimum atomic E-state index is -0.0689. The molecule has 0 bridgehead atoms. The van der Waals surface area contributed by atoms with Crippen molar-refractivity contribution in [2.75, 3.05) is 31.1 Å². The molecule has 1 amide bonds. The number of hydrogen-bond donors (Lipinski definition) is 0. The number of anilines is 1. The predicted molar refractivity (Wildman–Crippen MR) is 109 cm³/mol. The Morgan fingerprint density at radius 2 is 1.79 bits per heavy atom. The van der Waals surface area contributed by atoms with Crippen LogP contribution in [0, 0.1) is 6.92 Å². The SMILES string of the molecule is Cc1cccc(N2CCN(C(=O)c3occc3COc3ccccc3)CC2)c1. The first kappa shape index (κ1) is 18.2. The fourth-order valence-electron chi connectivity index (χ4n) is 3.45. The molecule has 1 fully saturated rings. The lowest BCUT2D eigenvalue weighted by molar-refractivity contribution is 0.0711. The Morgan fingerprint density at radius 1 is 1.00 bits per heavy atom. The summed E-state index contributed by atoms with van der Waals surface area (Å²) in [6.07, 6.45) is 1.56. The minimum Gasteiger partial charge on any atom is -0.489 e. The average molecular weight is 376 g/mol. The highest BCUT2D eigenvalue weighted by molar-refractivity contribution is 5.93. The Morgan fingerprint density at radius 3 is 2.54 bits per heavy atom. The van der Waals surface area contributed by atoms with E-state index >= 15 is 0 Å². The van der Waals surface area contributed by atoms with Crippen LogP contribution in [0.3, 0.4) is 0 Å². The molecule has 0 radical (unpaired) electrons. The van der Waals surface area contributed by atoms with Gasteiger partial charge in [-0.25, -0.2) is 0 Å². The lowest BCUT2D eigenvalue weighted by Gasteiger charge is -2.36. The van der Waals surface area contributed by atoms with Crippen LogP contribution in [0.2, 0.25) is 0 Å². The largest absolute Gasteiger partial charge is 0.489 e. The molecule has 0 atom stereocenters. The second-order valence-electron chi connectivity index (χ2n) is 6.99. The number of nitrogens with zero attached hydrogens (tertiary/aromatic N) is 2. The van der Waals surface area contributed by atoms with E-state index < -0.39 is 0 Å². The molecule has 0 N–H and O–H groups in total. The fourth-order valence-corrected chi connectivity index (χ4v) is 3.45. The van der Waals surface area contributed by atoms with Gasteiger partial charge in [0.1, 0.15) is 12.4 Å². The van der Waals surface area contributed by atoms with Crippen molar-refractivity contribution in [3.8, 4) is 5.75 Å². The Kier molecular flexibility index (Phi) is 5.33. The Balaban J connectivity index is 1.37. The van der Waals surface area contributed by atoms with Crippen LogP contribution in [0.1, 0.15) is 21.7 Å². The van der Waals surface area contributed by atoms with Gasteiger partial charge in [-0.3, -0.25) is 4.79 Å². The first-order valence-corrected chi connectivity index (χ1v) is 9.56. The van der Waals surface area contributed by atoms with E-state index in [1.807, 2.05) is 35.2 Å². The number of aryl methyl sites for hydroxylation is 1. The second kappa shape index (κ2) is 8.21. The molecule has 2 aromatic carbocycles. The van der Waals surface area contributed by atoms with Gasteiger partial charge >= 0.3 is 0 Å². The summed E-state index contributed by atoms with van der Waals surface area (Å²) < 4.78 is 11.3. The summed E-state index contributed by atoms with van der Waals surface area (Å²) in [4.78, 5) is 17.1. The van der Waals surface area contributed by atoms with Crippen LogP contribution in [-0.2, 0) is 6.61 Å². The van der Waals surface area contributed by atoms with Crippen LogP contribution in [0.5, 0.6) is 5.75 Å². The zero-order valence-electron chi connectivity index (χ0n) is 16.0. The highest BCUT2D eigenvalue weighted by Gasteiger charge is 2.26. The van der Waals surface area contributed by atoms with Gasteiger partial charge in [0, 0.05) is 37.4 Å². The number of para-hydroxylation sites is 1. The molecular formula is C23H24N2O3. The van der Waals surface area contributed by atoms with Gasteiger partial charge in [0.05, 0.1) is 6.26 Å². The van der Waals surface area contributed by atoms with Gasteiger partial charge in [0.25, 0.3) is 5.91 Å². The van der Waals surface area contributed by atoms with Crippen LogP contribution >= 0.6 is 0 Å². The molecule has 3 aromatic rings. The van der Waals surface area contributed by atoms with E-state index in [-0.39, 0.29) is 5.91 Å². The van der Waals surface area contributed by atoms with Crippen molar-refractivity contribution in [2.24, 2.45) is 0 Å². The highest BCUT2D eigenvalue weighted by atomic mass is 16.5. The van der Waals surface area contributed by atoms with Crippen LogP contribution in [-0.4, -0.2) is 37.0 Å². The van der Waals surface area contributed by atoms with Gasteiger partial charge in [-0.2, -0.15) is 0 Å². The van der Waals surface area contributed by atoms with E-state index in [1.165, 1.54) is 11.3 Å². The lowest BCUT2D eigenvalue weighted by atomic mass is 10.2. The molecular weight excluding hydrogens is 352 g/mol. The third-order valence-corrected chi connectivity index (χ3v) is 5.01. The smallest absolute Gasteiger partial charge is 0.290 e. The number of benzene rings is 2. The molecule has 144 valence electrons. The van der Waals surface area contributed by atoms with E-state index in [4.69, 9.17) is 9.15 Å². The monoisotopic (exact) mass is 376 g/mol. The molecule has 0 spiro atoms. The molecule has 1 aliphatic rings. The van der Waals surface area contributed by atoms with Crippen molar-refractivity contribution < 1.29 is 13.9 Å². The van der Waals surface area contributed by atoms with Gasteiger partial charge in [0.15, 0.2) is 5.76 Å². The number of piperazine rings is 1. The Hall–Kier alpha value is -3.21. The topological polar surface area (TPSA) is 45.9 Å². The van der Waals surface area contributed by atoms with E-state index in [0.29, 0.717) is 25.5 Å². The summed E-state index contributed by atoms with van der Waals surface area (Å²) in [5.41, 5.74) is 3.23. The second-order valence-corrected chi connectivity index (χ2v) is 6.99. The summed E-state index contributed by atoms with van der Waals surface area (Å²) in [5.74, 6) is 1.08. The van der Waals surface area contributed by atoms with Crippen LogP contribution < -0.4 is 9.64 Å². The third-order valence-electron chi connectivity index (χ3n) is 5.01. The molecule has 1 aliphatic heterocycles. The average Bonchev–Trinajstić information content (AvgIpc) is 3.21. The summed E-state index contributed by atoms with van der Waals surface area (Å²) >= 11 is 0. The summed E-state index contributed by atoms with van der Waals surface area (Å²) in [6, 6.07) is 19.9. The number of carbonyl (C=O) groups excluding carboxylic acids is 1. The van der Waals surface area contributed by atoms with Crippen LogP contribution in [0.15, 0.2) is 71.3 Å². The number of furan rings is 1. The predicted octanol–water partition coefficient (Wildman–Crippen LogP) is 4.13. The number of amides is 1. The number of ether oxygens (including phenoxy) is 1. The molecule has 28 heavy (non-hydrogen) atoms. The molecule has 0 saturated carbocycles. The van der Waals surface area contributed by atoms with Gasteiger partial charge in [-0.1, -0.05) is 30.3 Å². The van der Waals surface area contributed by atoms with Crippen molar-refractivity contribution in [1.82, 2.24) is 4.90 Å². The van der Waals surface area contributed by atoms with E-state index in [2.05, 4.69) is 36.1 Å². The maximum Gasteiger partial charge on any atom is 0.290 e. The van der Waals surface area contributed by atoms with Gasteiger partial charge in [-0.15, -0.1) is 0 Å². The summed E-state index contributed by atoms with van der Waals surface area (Å²) in [5, 5.41) is 0. The van der Waals surface area contributed by atoms with Gasteiger partial charge in [-0.05, 0) is 42.8 Å². The van der Waals surface area contributed by atoms with Crippen LogP contribution in [0.4, 0.5) is 5.69 Å². The molecule has 5 nitrogen and oxygen atoms in total. The molecule has 1 saturated heterocycles. The third kappa shape index (κ3) is 4.03. The summed E-state index contributed by atoms with van der Waals surface area (Å²) in [7, 11) is 0. The van der Waals surface area contributed by atoms with Crippen molar-refractivity contribution >= 4 is 11.6 Å². The maximum absolute atomic E-state index is 12.9. The standard InChI is InChI=1S/C23H24N2O3/c1-18-6-5-7-20(16-18)24-11-13-25(14-12-24)23(26)22-19(10-15-27-22)17-28-21-8-3-2-4-9-21/h2-10,15-16H,11-14,17H2,1H3. The van der Waals surface area contributed by atoms with Gasteiger partial charge in [0.2, 0.25) is 0 Å². The van der Waals surface area contributed by atoms with E-state index in [9.17, 15) is 4.79 Å². The Labute approximate surface area is 165 Å². The maximum atomic E-state index is 12.9. The zero-order chi connectivity index (χ0) is 19.3. The van der Waals surface area contributed by atoms with Crippen molar-refractivity contribution in [2.45, 2.75) is 13.5 Å². The minimum absolute atomic E-state index is 0.0689. The quantitative estimate of drug-likeness (QED) is 0.672. The zero-order valence-corrected chi connectivity index (χ0v) is 16.0.